The number of ether oxygens (including phenoxy) is 1. The molecule has 0 aliphatic carbocycles. The molecular formula is C12H26N6O. The molecule has 0 saturated carbocycles. The van der Waals surface area contributed by atoms with Gasteiger partial charge >= 0.3 is 0 Å². The van der Waals surface area contributed by atoms with Crippen molar-refractivity contribution < 1.29 is 4.74 Å². The lowest BCUT2D eigenvalue weighted by atomic mass is 9.99. The summed E-state index contributed by atoms with van der Waals surface area (Å²) in [7, 11) is 0. The van der Waals surface area contributed by atoms with E-state index in [1.54, 1.807) is 0 Å². The predicted molar refractivity (Wildman–Crippen MR) is 73.0 cm³/mol. The van der Waals surface area contributed by atoms with Gasteiger partial charge in [0, 0.05) is 44.8 Å². The number of piperidine rings is 1. The van der Waals surface area contributed by atoms with E-state index in [1.165, 1.54) is 0 Å². The molecule has 7 heteroatoms. The Bertz CT molecular complexity index is 296. The SMILES string of the molecule is CC1NNC(N2CCN(C3CCNCC3N)CC2)O1. The van der Waals surface area contributed by atoms with Gasteiger partial charge in [0.15, 0.2) is 6.35 Å². The second kappa shape index (κ2) is 6.01. The summed E-state index contributed by atoms with van der Waals surface area (Å²) in [5, 5.41) is 3.36. The van der Waals surface area contributed by atoms with Crippen LogP contribution in [-0.4, -0.2) is 73.7 Å². The Morgan fingerprint density at radius 2 is 1.84 bits per heavy atom. The maximum Gasteiger partial charge on any atom is 0.180 e. The molecule has 0 bridgehead atoms. The highest BCUT2D eigenvalue weighted by atomic mass is 16.6. The van der Waals surface area contributed by atoms with E-state index in [0.717, 1.165) is 45.7 Å². The molecule has 3 aliphatic heterocycles. The highest BCUT2D eigenvalue weighted by molar-refractivity contribution is 4.90. The lowest BCUT2D eigenvalue weighted by Gasteiger charge is -2.44. The van der Waals surface area contributed by atoms with Crippen LogP contribution in [-0.2, 0) is 4.74 Å². The zero-order valence-corrected chi connectivity index (χ0v) is 11.6. The fourth-order valence-corrected chi connectivity index (χ4v) is 3.25. The molecule has 7 nitrogen and oxygen atoms in total. The van der Waals surface area contributed by atoms with Crippen LogP contribution in [0.25, 0.3) is 0 Å². The van der Waals surface area contributed by atoms with Crippen molar-refractivity contribution in [3.63, 3.8) is 0 Å². The molecule has 0 spiro atoms. The van der Waals surface area contributed by atoms with E-state index in [9.17, 15) is 0 Å². The summed E-state index contributed by atoms with van der Waals surface area (Å²) in [6.45, 7) is 8.26. The van der Waals surface area contributed by atoms with Crippen molar-refractivity contribution in [1.29, 1.82) is 0 Å². The largest absolute Gasteiger partial charge is 0.329 e. The number of nitrogens with one attached hydrogen (secondary N) is 3. The van der Waals surface area contributed by atoms with Crippen molar-refractivity contribution in [3.8, 4) is 0 Å². The fourth-order valence-electron chi connectivity index (χ4n) is 3.25. The Morgan fingerprint density at radius 1 is 1.11 bits per heavy atom. The first-order chi connectivity index (χ1) is 9.24. The summed E-state index contributed by atoms with van der Waals surface area (Å²) in [6, 6.07) is 0.806. The second-order valence-corrected chi connectivity index (χ2v) is 5.72. The van der Waals surface area contributed by atoms with Crippen LogP contribution < -0.4 is 21.9 Å². The van der Waals surface area contributed by atoms with Gasteiger partial charge in [-0.1, -0.05) is 0 Å². The number of nitrogens with zero attached hydrogens (tertiary/aromatic N) is 2. The smallest absolute Gasteiger partial charge is 0.180 e. The van der Waals surface area contributed by atoms with Crippen molar-refractivity contribution in [2.45, 2.75) is 38.0 Å². The van der Waals surface area contributed by atoms with E-state index < -0.39 is 0 Å². The minimum absolute atomic E-state index is 0.0128. The number of hydrogen-bond acceptors (Lipinski definition) is 7. The van der Waals surface area contributed by atoms with E-state index in [4.69, 9.17) is 10.5 Å². The van der Waals surface area contributed by atoms with E-state index in [0.29, 0.717) is 6.04 Å². The van der Waals surface area contributed by atoms with Gasteiger partial charge in [-0.15, -0.1) is 0 Å². The van der Waals surface area contributed by atoms with E-state index in [2.05, 4.69) is 26.0 Å². The van der Waals surface area contributed by atoms with Gasteiger partial charge in [-0.3, -0.25) is 9.80 Å². The van der Waals surface area contributed by atoms with Crippen LogP contribution in [0.2, 0.25) is 0 Å². The molecule has 3 fully saturated rings. The van der Waals surface area contributed by atoms with Gasteiger partial charge in [0.1, 0.15) is 6.23 Å². The number of hydrazine groups is 1. The molecule has 0 amide bonds. The molecule has 5 N–H and O–H groups in total. The molecule has 0 aromatic heterocycles. The lowest BCUT2D eigenvalue weighted by molar-refractivity contribution is -0.0798. The quantitative estimate of drug-likeness (QED) is 0.464. The Morgan fingerprint density at radius 3 is 2.47 bits per heavy atom. The van der Waals surface area contributed by atoms with Gasteiger partial charge in [0.2, 0.25) is 0 Å². The summed E-state index contributed by atoms with van der Waals surface area (Å²) in [6.07, 6.45) is 1.26. The molecule has 0 radical (unpaired) electrons. The summed E-state index contributed by atoms with van der Waals surface area (Å²) >= 11 is 0. The van der Waals surface area contributed by atoms with Crippen LogP contribution in [0.15, 0.2) is 0 Å². The first-order valence-electron chi connectivity index (χ1n) is 7.35. The maximum absolute atomic E-state index is 6.22. The number of rotatable bonds is 2. The molecular weight excluding hydrogens is 244 g/mol. The van der Waals surface area contributed by atoms with Crippen molar-refractivity contribution in [2.75, 3.05) is 39.3 Å². The summed E-state index contributed by atoms with van der Waals surface area (Å²) < 4.78 is 5.75. The first-order valence-corrected chi connectivity index (χ1v) is 7.35. The third-order valence-corrected chi connectivity index (χ3v) is 4.38. The highest BCUT2D eigenvalue weighted by Crippen LogP contribution is 2.16. The molecule has 4 atom stereocenters. The van der Waals surface area contributed by atoms with E-state index in [1.807, 2.05) is 6.92 Å². The molecule has 0 aromatic carbocycles. The van der Waals surface area contributed by atoms with Crippen molar-refractivity contribution >= 4 is 0 Å². The Balaban J connectivity index is 1.49. The molecule has 3 heterocycles. The van der Waals surface area contributed by atoms with Crippen LogP contribution in [0.4, 0.5) is 0 Å². The van der Waals surface area contributed by atoms with Crippen LogP contribution in [0.3, 0.4) is 0 Å². The average Bonchev–Trinajstić information content (AvgIpc) is 2.86. The van der Waals surface area contributed by atoms with Crippen LogP contribution in [0, 0.1) is 0 Å². The molecule has 110 valence electrons. The van der Waals surface area contributed by atoms with Gasteiger partial charge in [0.25, 0.3) is 0 Å². The third-order valence-electron chi connectivity index (χ3n) is 4.38. The van der Waals surface area contributed by atoms with Crippen molar-refractivity contribution in [3.05, 3.63) is 0 Å². The Hall–Kier alpha value is -0.280. The minimum atomic E-state index is 0.0128. The first kappa shape index (κ1) is 13.7. The summed E-state index contributed by atoms with van der Waals surface area (Å²) in [4.78, 5) is 4.90. The number of piperazine rings is 1. The molecule has 0 aromatic rings. The standard InChI is InChI=1S/C12H26N6O/c1-9-15-16-12(19-9)18-6-4-17(5-7-18)11-2-3-14-8-10(11)13/h9-12,14-16H,2-8,13H2,1H3. The van der Waals surface area contributed by atoms with Crippen LogP contribution >= 0.6 is 0 Å². The monoisotopic (exact) mass is 270 g/mol. The van der Waals surface area contributed by atoms with Crippen LogP contribution in [0.1, 0.15) is 13.3 Å². The van der Waals surface area contributed by atoms with Gasteiger partial charge in [-0.05, 0) is 19.9 Å². The normalized spacial score (nSPS) is 42.6. The average molecular weight is 270 g/mol. The molecule has 4 unspecified atom stereocenters. The summed E-state index contributed by atoms with van der Waals surface area (Å²) in [5.41, 5.74) is 12.5. The number of nitrogens with two attached hydrogens (primary N) is 1. The third kappa shape index (κ3) is 3.08. The Labute approximate surface area is 114 Å². The molecule has 19 heavy (non-hydrogen) atoms. The Kier molecular flexibility index (Phi) is 4.33. The number of hydrogen-bond donors (Lipinski definition) is 4. The topological polar surface area (TPSA) is 77.8 Å². The van der Waals surface area contributed by atoms with Gasteiger partial charge < -0.3 is 15.8 Å². The van der Waals surface area contributed by atoms with Gasteiger partial charge in [-0.2, -0.15) is 0 Å². The highest BCUT2D eigenvalue weighted by Gasteiger charge is 2.33. The zero-order chi connectivity index (χ0) is 13.2. The van der Waals surface area contributed by atoms with E-state index >= 15 is 0 Å². The predicted octanol–water partition coefficient (Wildman–Crippen LogP) is -1.95. The van der Waals surface area contributed by atoms with E-state index in [-0.39, 0.29) is 18.6 Å². The van der Waals surface area contributed by atoms with Crippen molar-refractivity contribution in [2.24, 2.45) is 5.73 Å². The van der Waals surface area contributed by atoms with Crippen molar-refractivity contribution in [1.82, 2.24) is 26.0 Å². The second-order valence-electron chi connectivity index (χ2n) is 5.72. The van der Waals surface area contributed by atoms with Crippen LogP contribution in [0.5, 0.6) is 0 Å². The zero-order valence-electron chi connectivity index (χ0n) is 11.6. The van der Waals surface area contributed by atoms with Gasteiger partial charge in [0.05, 0.1) is 0 Å². The lowest BCUT2D eigenvalue weighted by Crippen LogP contribution is -2.62. The van der Waals surface area contributed by atoms with Gasteiger partial charge in [-0.25, -0.2) is 10.9 Å². The fraction of sp³-hybridized carbons (Fsp3) is 1.00. The minimum Gasteiger partial charge on any atom is -0.329 e. The molecule has 3 saturated heterocycles. The maximum atomic E-state index is 6.22. The molecule has 3 aliphatic rings. The molecule has 3 rings (SSSR count). The summed E-state index contributed by atoms with van der Waals surface area (Å²) in [5.74, 6) is 0.